The van der Waals surface area contributed by atoms with Crippen molar-refractivity contribution in [2.75, 3.05) is 18.0 Å². The summed E-state index contributed by atoms with van der Waals surface area (Å²) in [6, 6.07) is 4.14. The van der Waals surface area contributed by atoms with Gasteiger partial charge in [0.25, 0.3) is 5.56 Å². The van der Waals surface area contributed by atoms with Gasteiger partial charge in [-0.25, -0.2) is 4.98 Å². The number of aromatic nitrogens is 4. The van der Waals surface area contributed by atoms with Gasteiger partial charge in [-0.2, -0.15) is 5.10 Å². The van der Waals surface area contributed by atoms with Crippen LogP contribution in [0, 0.1) is 5.41 Å². The molecular weight excluding hydrogens is 467 g/mol. The fourth-order valence-electron chi connectivity index (χ4n) is 5.17. The summed E-state index contributed by atoms with van der Waals surface area (Å²) in [5.74, 6) is 0.726. The van der Waals surface area contributed by atoms with Gasteiger partial charge in [0.05, 0.1) is 21.6 Å². The lowest BCUT2D eigenvalue weighted by Crippen LogP contribution is -2.48. The second kappa shape index (κ2) is 8.89. The van der Waals surface area contributed by atoms with Gasteiger partial charge in [-0.15, -0.1) is 12.4 Å². The summed E-state index contributed by atoms with van der Waals surface area (Å²) >= 11 is 7.95. The molecule has 32 heavy (non-hydrogen) atoms. The van der Waals surface area contributed by atoms with Crippen molar-refractivity contribution >= 4 is 52.6 Å². The van der Waals surface area contributed by atoms with E-state index in [0.717, 1.165) is 54.1 Å². The Morgan fingerprint density at radius 2 is 1.94 bits per heavy atom. The van der Waals surface area contributed by atoms with Gasteiger partial charge in [0, 0.05) is 49.7 Å². The van der Waals surface area contributed by atoms with Crippen LogP contribution in [0.15, 0.2) is 39.1 Å². The van der Waals surface area contributed by atoms with Gasteiger partial charge in [0.1, 0.15) is 0 Å². The Balaban J connectivity index is 0.00000245. The average molecular weight is 495 g/mol. The Morgan fingerprint density at radius 1 is 1.19 bits per heavy atom. The molecule has 172 valence electrons. The fourth-order valence-corrected chi connectivity index (χ4v) is 6.40. The van der Waals surface area contributed by atoms with Crippen molar-refractivity contribution in [3.8, 4) is 0 Å². The molecular formula is C22H28Cl2N6OS. The van der Waals surface area contributed by atoms with Crippen molar-refractivity contribution in [2.24, 2.45) is 25.2 Å². The number of fused-ring (bicyclic) bond motifs is 1. The van der Waals surface area contributed by atoms with Crippen molar-refractivity contribution < 1.29 is 0 Å². The van der Waals surface area contributed by atoms with E-state index in [1.165, 1.54) is 24.6 Å². The van der Waals surface area contributed by atoms with Crippen LogP contribution in [0.25, 0.3) is 10.9 Å². The predicted octanol–water partition coefficient (Wildman–Crippen LogP) is 3.99. The molecule has 3 heterocycles. The zero-order valence-electron chi connectivity index (χ0n) is 18.3. The van der Waals surface area contributed by atoms with E-state index < -0.39 is 0 Å². The molecule has 1 aliphatic heterocycles. The van der Waals surface area contributed by atoms with Crippen molar-refractivity contribution in [1.82, 2.24) is 19.3 Å². The summed E-state index contributed by atoms with van der Waals surface area (Å²) in [5, 5.41) is 5.86. The Morgan fingerprint density at radius 3 is 2.62 bits per heavy atom. The molecule has 0 bridgehead atoms. The number of nitrogens with zero attached hydrogens (tertiary/aromatic N) is 5. The number of benzene rings is 1. The molecule has 0 radical (unpaired) electrons. The first-order chi connectivity index (χ1) is 14.9. The van der Waals surface area contributed by atoms with Crippen LogP contribution in [-0.4, -0.2) is 38.5 Å². The number of rotatable bonds is 3. The number of halogens is 2. The van der Waals surface area contributed by atoms with Crippen molar-refractivity contribution in [2.45, 2.75) is 47.9 Å². The maximum Gasteiger partial charge on any atom is 0.268 e. The first-order valence-corrected chi connectivity index (χ1v) is 11.9. The minimum absolute atomic E-state index is 0. The average Bonchev–Trinajstić information content (AvgIpc) is 3.31. The summed E-state index contributed by atoms with van der Waals surface area (Å²) in [4.78, 5) is 21.4. The van der Waals surface area contributed by atoms with Gasteiger partial charge < -0.3 is 10.6 Å². The third kappa shape index (κ3) is 3.91. The highest BCUT2D eigenvalue weighted by atomic mass is 35.5. The van der Waals surface area contributed by atoms with Crippen molar-refractivity contribution in [3.63, 3.8) is 0 Å². The van der Waals surface area contributed by atoms with E-state index in [4.69, 9.17) is 17.3 Å². The Labute approximate surface area is 202 Å². The van der Waals surface area contributed by atoms with E-state index >= 15 is 0 Å². The third-order valence-corrected chi connectivity index (χ3v) is 8.63. The Kier molecular flexibility index (Phi) is 6.51. The largest absolute Gasteiger partial charge is 0.342 e. The van der Waals surface area contributed by atoms with E-state index in [1.807, 2.05) is 25.4 Å². The molecule has 10 heteroatoms. The number of nitrogens with two attached hydrogens (primary N) is 1. The lowest BCUT2D eigenvalue weighted by molar-refractivity contribution is 0.196. The van der Waals surface area contributed by atoms with Crippen LogP contribution in [-0.2, 0) is 14.1 Å². The van der Waals surface area contributed by atoms with E-state index in [9.17, 15) is 4.79 Å². The quantitative estimate of drug-likeness (QED) is 0.592. The molecule has 1 saturated carbocycles. The smallest absolute Gasteiger partial charge is 0.268 e. The zero-order chi connectivity index (χ0) is 21.8. The standard InChI is InChI=1S/C22H27ClN6OS.ClH/c1-27-13-14-15(26-27)5-6-16(19(14)23)31-17-12-25-21(28(2)20(17)30)29-10-8-22(9-11-29)7-3-4-18(22)24;/h5-6,12-13,18H,3-4,7-11,24H2,1-2H3;1H/t18-;/m1./s1. The van der Waals surface area contributed by atoms with Crippen LogP contribution in [0.3, 0.4) is 0 Å². The molecule has 7 nitrogen and oxygen atoms in total. The van der Waals surface area contributed by atoms with E-state index in [0.29, 0.717) is 16.0 Å². The van der Waals surface area contributed by atoms with Gasteiger partial charge in [-0.05, 0) is 43.2 Å². The third-order valence-electron chi connectivity index (χ3n) is 7.05. The number of aryl methyl sites for hydroxylation is 1. The van der Waals surface area contributed by atoms with Crippen LogP contribution in [0.1, 0.15) is 32.1 Å². The van der Waals surface area contributed by atoms with E-state index in [-0.39, 0.29) is 23.4 Å². The van der Waals surface area contributed by atoms with Crippen LogP contribution >= 0.6 is 35.8 Å². The topological polar surface area (TPSA) is 82.0 Å². The molecule has 1 aromatic carbocycles. The van der Waals surface area contributed by atoms with Crippen LogP contribution < -0.4 is 16.2 Å². The highest BCUT2D eigenvalue weighted by molar-refractivity contribution is 7.99. The van der Waals surface area contributed by atoms with Gasteiger partial charge in [0.15, 0.2) is 0 Å². The van der Waals surface area contributed by atoms with Crippen LogP contribution in [0.2, 0.25) is 5.02 Å². The maximum absolute atomic E-state index is 13.1. The predicted molar refractivity (Wildman–Crippen MR) is 132 cm³/mol. The first kappa shape index (κ1) is 23.4. The molecule has 5 rings (SSSR count). The zero-order valence-corrected chi connectivity index (χ0v) is 20.6. The molecule has 1 spiro atoms. The highest BCUT2D eigenvalue weighted by Gasteiger charge is 2.43. The second-order valence-electron chi connectivity index (χ2n) is 8.85. The molecule has 1 saturated heterocycles. The molecule has 1 aliphatic carbocycles. The first-order valence-electron chi connectivity index (χ1n) is 10.7. The monoisotopic (exact) mass is 494 g/mol. The molecule has 0 amide bonds. The summed E-state index contributed by atoms with van der Waals surface area (Å²) in [7, 11) is 3.66. The summed E-state index contributed by atoms with van der Waals surface area (Å²) < 4.78 is 3.40. The van der Waals surface area contributed by atoms with Gasteiger partial charge in [-0.3, -0.25) is 14.0 Å². The molecule has 2 aliphatic rings. The Bertz CT molecular complexity index is 1200. The summed E-state index contributed by atoms with van der Waals surface area (Å²) in [5.41, 5.74) is 7.48. The van der Waals surface area contributed by atoms with Crippen molar-refractivity contribution in [3.05, 3.63) is 39.9 Å². The lowest BCUT2D eigenvalue weighted by Gasteiger charge is -2.42. The molecule has 1 atom stereocenters. The minimum Gasteiger partial charge on any atom is -0.342 e. The molecule has 2 fully saturated rings. The van der Waals surface area contributed by atoms with Gasteiger partial charge in [0.2, 0.25) is 5.95 Å². The minimum atomic E-state index is -0.0600. The maximum atomic E-state index is 13.1. The Hall–Kier alpha value is -1.74. The molecule has 2 aromatic heterocycles. The fraction of sp³-hybridized carbons (Fsp3) is 0.500. The summed E-state index contributed by atoms with van der Waals surface area (Å²) in [6.07, 6.45) is 9.31. The van der Waals surface area contributed by atoms with E-state index in [1.54, 1.807) is 22.5 Å². The highest BCUT2D eigenvalue weighted by Crippen LogP contribution is 2.45. The molecule has 2 N–H and O–H groups in total. The number of piperidine rings is 1. The molecule has 0 unspecified atom stereocenters. The summed E-state index contributed by atoms with van der Waals surface area (Å²) in [6.45, 7) is 1.79. The molecule has 3 aromatic rings. The van der Waals surface area contributed by atoms with E-state index in [2.05, 4.69) is 15.0 Å². The van der Waals surface area contributed by atoms with Crippen LogP contribution in [0.4, 0.5) is 5.95 Å². The second-order valence-corrected chi connectivity index (χ2v) is 10.3. The SMILES string of the molecule is Cl.Cn1cc2c(Cl)c(Sc3cnc(N4CCC5(CCC[C@H]5N)CC4)n(C)c3=O)ccc2n1. The van der Waals surface area contributed by atoms with Gasteiger partial charge >= 0.3 is 0 Å². The van der Waals surface area contributed by atoms with Gasteiger partial charge in [-0.1, -0.05) is 29.8 Å². The number of anilines is 1. The van der Waals surface area contributed by atoms with Crippen LogP contribution in [0.5, 0.6) is 0 Å². The lowest BCUT2D eigenvalue weighted by atomic mass is 9.74. The number of hydrogen-bond acceptors (Lipinski definition) is 6. The normalized spacial score (nSPS) is 20.1. The van der Waals surface area contributed by atoms with Crippen molar-refractivity contribution in [1.29, 1.82) is 0 Å². The number of hydrogen-bond donors (Lipinski definition) is 1.